The van der Waals surface area contributed by atoms with Gasteiger partial charge in [-0.05, 0) is 87.9 Å². The number of rotatable bonds is 2. The number of hydrogen-bond acceptors (Lipinski definition) is 6. The van der Waals surface area contributed by atoms with E-state index in [0.29, 0.717) is 18.2 Å². The number of hydrogen-bond donors (Lipinski definition) is 0. The zero-order chi connectivity index (χ0) is 41.0. The molecule has 1 fully saturated rings. The highest BCUT2D eigenvalue weighted by Gasteiger charge is 2.53. The molecule has 5 rings (SSSR count). The highest BCUT2D eigenvalue weighted by atomic mass is 79.9. The van der Waals surface area contributed by atoms with Crippen LogP contribution in [0.1, 0.15) is 61.1 Å². The molecular weight excluding hydrogens is 801 g/mol. The summed E-state index contributed by atoms with van der Waals surface area (Å²) in [7, 11) is -1.11. The van der Waals surface area contributed by atoms with Gasteiger partial charge in [-0.25, -0.2) is 17.6 Å². The molecule has 0 amide bonds. The van der Waals surface area contributed by atoms with E-state index in [1.165, 1.54) is 24.3 Å². The molecule has 6 nitrogen and oxygen atoms in total. The lowest BCUT2D eigenvalue weighted by atomic mass is 9.78. The van der Waals surface area contributed by atoms with E-state index in [2.05, 4.69) is 15.9 Å². The second-order valence-electron chi connectivity index (χ2n) is 12.2. The highest BCUT2D eigenvalue weighted by molar-refractivity contribution is 9.10. The molecule has 1 aliphatic rings. The predicted molar refractivity (Wildman–Crippen MR) is 177 cm³/mol. The molecule has 0 spiro atoms. The van der Waals surface area contributed by atoms with Crippen LogP contribution in [0.15, 0.2) is 65.1 Å². The van der Waals surface area contributed by atoms with Crippen molar-refractivity contribution in [2.45, 2.75) is 51.2 Å². The summed E-state index contributed by atoms with van der Waals surface area (Å²) in [5.41, 5.74) is -6.13. The quantitative estimate of drug-likeness (QED) is 0.147. The van der Waals surface area contributed by atoms with Crippen LogP contribution in [0, 0.1) is 68.6 Å². The first-order valence-electron chi connectivity index (χ1n) is 14.9. The summed E-state index contributed by atoms with van der Waals surface area (Å²) in [6.45, 7) is 7.19. The summed E-state index contributed by atoms with van der Waals surface area (Å²) in [5, 5.41) is 34.3. The Labute approximate surface area is 310 Å². The Balaban J connectivity index is 0.000000225. The van der Waals surface area contributed by atoms with Crippen LogP contribution in [0.2, 0.25) is 0 Å². The average Bonchev–Trinajstić information content (AvgIpc) is 3.29. The molecule has 0 saturated carbocycles. The van der Waals surface area contributed by atoms with Gasteiger partial charge in [-0.1, -0.05) is 22.0 Å². The molecule has 0 unspecified atom stereocenters. The van der Waals surface area contributed by atoms with E-state index in [-0.39, 0.29) is 32.2 Å². The van der Waals surface area contributed by atoms with Crippen LogP contribution in [0.4, 0.5) is 43.9 Å². The summed E-state index contributed by atoms with van der Waals surface area (Å²) < 4.78 is 143. The number of halogens is 11. The fourth-order valence-corrected chi connectivity index (χ4v) is 5.08. The fraction of sp³-hybridized carbons (Fsp3) is 0.222. The van der Waals surface area contributed by atoms with Gasteiger partial charge in [0.25, 0.3) is 0 Å². The lowest BCUT2D eigenvalue weighted by Crippen LogP contribution is -2.41. The Morgan fingerprint density at radius 3 is 1.31 bits per heavy atom. The predicted octanol–water partition coefficient (Wildman–Crippen LogP) is 9.87. The molecule has 1 saturated heterocycles. The second-order valence-corrected chi connectivity index (χ2v) is 13.0. The van der Waals surface area contributed by atoms with Gasteiger partial charge >= 0.3 is 19.5 Å². The van der Waals surface area contributed by atoms with Crippen molar-refractivity contribution >= 4 is 28.5 Å². The van der Waals surface area contributed by atoms with E-state index in [4.69, 9.17) is 30.4 Å². The van der Waals surface area contributed by atoms with Gasteiger partial charge in [0.1, 0.15) is 23.3 Å². The van der Waals surface area contributed by atoms with Gasteiger partial charge in [-0.15, -0.1) is 0 Å². The lowest BCUT2D eigenvalue weighted by molar-refractivity contribution is -0.138. The van der Waals surface area contributed by atoms with Crippen LogP contribution in [0.25, 0.3) is 11.1 Å². The number of benzene rings is 4. The minimum Gasteiger partial charge on any atom is -0.399 e. The van der Waals surface area contributed by atoms with Gasteiger partial charge in [-0.3, -0.25) is 0 Å². The number of nitrogens with zero attached hydrogens (tertiary/aromatic N) is 4. The molecule has 1 heterocycles. The summed E-state index contributed by atoms with van der Waals surface area (Å²) in [4.78, 5) is 0. The number of alkyl halides is 6. The Morgan fingerprint density at radius 2 is 0.926 bits per heavy atom. The zero-order valence-corrected chi connectivity index (χ0v) is 29.7. The lowest BCUT2D eigenvalue weighted by Gasteiger charge is -2.32. The van der Waals surface area contributed by atoms with Crippen molar-refractivity contribution in [3.05, 3.63) is 122 Å². The van der Waals surface area contributed by atoms with Crippen molar-refractivity contribution in [3.8, 4) is 35.4 Å². The van der Waals surface area contributed by atoms with Crippen LogP contribution in [-0.2, 0) is 21.7 Å². The highest BCUT2D eigenvalue weighted by Crippen LogP contribution is 2.40. The Kier molecular flexibility index (Phi) is 13.0. The Hall–Kier alpha value is -5.40. The van der Waals surface area contributed by atoms with Crippen LogP contribution in [0.5, 0.6) is 0 Å². The summed E-state index contributed by atoms with van der Waals surface area (Å²) >= 11 is 2.77. The van der Waals surface area contributed by atoms with E-state index >= 15 is 0 Å². The second kappa shape index (κ2) is 16.3. The fourth-order valence-electron chi connectivity index (χ4n) is 4.61. The van der Waals surface area contributed by atoms with E-state index < -0.39 is 76.2 Å². The van der Waals surface area contributed by atoms with Crippen molar-refractivity contribution < 1.29 is 53.2 Å². The molecule has 1 aliphatic heterocycles. The van der Waals surface area contributed by atoms with Gasteiger partial charge in [-0.2, -0.15) is 47.4 Å². The van der Waals surface area contributed by atoms with Gasteiger partial charge in [0, 0.05) is 4.47 Å². The maximum atomic E-state index is 13.9. The SMILES string of the molecule is CC1(C)OB(c2c(F)cc(C#N)cc2F)OC1(C)C.N#Cc1cc(F)c(-c2ccc(C#N)cc2C(F)(F)F)c(F)c1.N#Cc1ccc(Br)c(C(F)(F)F)c1. The maximum Gasteiger partial charge on any atom is 0.500 e. The van der Waals surface area contributed by atoms with Crippen molar-refractivity contribution in [1.29, 1.82) is 21.0 Å². The minimum absolute atomic E-state index is 0.00414. The molecule has 4 aromatic rings. The van der Waals surface area contributed by atoms with E-state index in [9.17, 15) is 43.9 Å². The molecule has 0 aromatic heterocycles. The van der Waals surface area contributed by atoms with Gasteiger partial charge in [0.05, 0.1) is 79.9 Å². The number of nitriles is 4. The van der Waals surface area contributed by atoms with E-state index in [0.717, 1.165) is 30.3 Å². The van der Waals surface area contributed by atoms with Crippen molar-refractivity contribution in [2.24, 2.45) is 0 Å². The topological polar surface area (TPSA) is 114 Å². The van der Waals surface area contributed by atoms with Gasteiger partial charge in [0.2, 0.25) is 0 Å². The van der Waals surface area contributed by atoms with E-state index in [1.807, 2.05) is 0 Å². The zero-order valence-electron chi connectivity index (χ0n) is 28.1. The molecule has 0 aliphatic carbocycles. The molecule has 0 radical (unpaired) electrons. The largest absolute Gasteiger partial charge is 0.500 e. The van der Waals surface area contributed by atoms with Crippen molar-refractivity contribution in [3.63, 3.8) is 0 Å². The molecule has 0 atom stereocenters. The molecule has 4 aromatic carbocycles. The standard InChI is InChI=1S/C15H5F5N2.C13H14BF2NO2.C8H3BrF3N/c16-12-4-9(7-22)5-13(17)14(12)10-2-1-8(6-21)3-11(10)15(18,19)20;1-12(2)13(3,4)19-14(18-12)11-9(15)5-8(7-17)6-10(11)16;9-7-2-1-5(4-13)3-6(7)8(10,11)12/h1-5H;5-6H,1-4H3;1-3H. The third kappa shape index (κ3) is 9.77. The van der Waals surface area contributed by atoms with Gasteiger partial charge < -0.3 is 9.31 Å². The molecule has 278 valence electrons. The summed E-state index contributed by atoms with van der Waals surface area (Å²) in [5.74, 6) is -4.25. The van der Waals surface area contributed by atoms with E-state index in [1.54, 1.807) is 39.8 Å². The monoisotopic (exact) mass is 822 g/mol. The third-order valence-electron chi connectivity index (χ3n) is 7.99. The van der Waals surface area contributed by atoms with Crippen LogP contribution < -0.4 is 5.46 Å². The molecular formula is C36H22BBrF10N4O2. The van der Waals surface area contributed by atoms with Gasteiger partial charge in [0.15, 0.2) is 0 Å². The van der Waals surface area contributed by atoms with Crippen molar-refractivity contribution in [2.75, 3.05) is 0 Å². The van der Waals surface area contributed by atoms with Crippen LogP contribution in [-0.4, -0.2) is 18.3 Å². The average molecular weight is 823 g/mol. The van der Waals surface area contributed by atoms with Crippen LogP contribution in [0.3, 0.4) is 0 Å². The van der Waals surface area contributed by atoms with Crippen LogP contribution >= 0.6 is 15.9 Å². The molecule has 54 heavy (non-hydrogen) atoms. The molecule has 18 heteroatoms. The maximum absolute atomic E-state index is 13.9. The summed E-state index contributed by atoms with van der Waals surface area (Å²) in [6, 6.07) is 15.3. The third-order valence-corrected chi connectivity index (χ3v) is 8.68. The normalized spacial score (nSPS) is 14.2. The summed E-state index contributed by atoms with van der Waals surface area (Å²) in [6.07, 6.45) is -9.32. The minimum atomic E-state index is -4.89. The first-order valence-corrected chi connectivity index (χ1v) is 15.7. The first-order chi connectivity index (χ1) is 24.9. The first kappa shape index (κ1) is 43.0. The molecule has 0 bridgehead atoms. The Morgan fingerprint density at radius 1 is 0.556 bits per heavy atom. The van der Waals surface area contributed by atoms with Crippen molar-refractivity contribution in [1.82, 2.24) is 0 Å². The molecule has 0 N–H and O–H groups in total. The smallest absolute Gasteiger partial charge is 0.399 e. The Bertz CT molecular complexity index is 2190.